The highest BCUT2D eigenvalue weighted by atomic mass is 35.5. The molecule has 1 nitrogen and oxygen atoms in total. The Morgan fingerprint density at radius 2 is 2.05 bits per heavy atom. The van der Waals surface area contributed by atoms with Crippen LogP contribution in [0.15, 0.2) is 41.3 Å². The molecule has 1 aliphatic rings. The molecule has 1 aliphatic heterocycles. The summed E-state index contributed by atoms with van der Waals surface area (Å²) in [5.41, 5.74) is 1.62. The average Bonchev–Trinajstić information content (AvgIpc) is 2.46. The van der Waals surface area contributed by atoms with E-state index >= 15 is 0 Å². The molecule has 3 rings (SSSR count). The van der Waals surface area contributed by atoms with E-state index in [0.717, 1.165) is 23.8 Å². The predicted octanol–water partition coefficient (Wildman–Crippen LogP) is 4.94. The van der Waals surface area contributed by atoms with Crippen LogP contribution in [0.3, 0.4) is 0 Å². The van der Waals surface area contributed by atoms with E-state index in [9.17, 15) is 8.78 Å². The van der Waals surface area contributed by atoms with Crippen molar-refractivity contribution >= 4 is 23.4 Å². The molecular weight excluding hydrogens is 312 g/mol. The summed E-state index contributed by atoms with van der Waals surface area (Å²) in [4.78, 5) is 1.21. The molecule has 0 amide bonds. The quantitative estimate of drug-likeness (QED) is 0.857. The molecule has 0 bridgehead atoms. The van der Waals surface area contributed by atoms with Gasteiger partial charge in [-0.2, -0.15) is 0 Å². The van der Waals surface area contributed by atoms with Gasteiger partial charge < -0.3 is 5.32 Å². The average molecular weight is 326 g/mol. The molecule has 0 aromatic heterocycles. The van der Waals surface area contributed by atoms with Gasteiger partial charge in [-0.05, 0) is 42.0 Å². The number of thioether (sulfide) groups is 1. The maximum atomic E-state index is 13.7. The van der Waals surface area contributed by atoms with E-state index in [1.165, 1.54) is 17.0 Å². The molecule has 21 heavy (non-hydrogen) atoms. The first-order valence-electron chi connectivity index (χ1n) is 6.73. The van der Waals surface area contributed by atoms with E-state index in [4.69, 9.17) is 11.6 Å². The zero-order chi connectivity index (χ0) is 14.8. The minimum absolute atomic E-state index is 0.143. The Kier molecular flexibility index (Phi) is 4.48. The van der Waals surface area contributed by atoms with Gasteiger partial charge in [-0.25, -0.2) is 8.78 Å². The lowest BCUT2D eigenvalue weighted by Gasteiger charge is -2.26. The highest BCUT2D eigenvalue weighted by Gasteiger charge is 2.20. The fourth-order valence-corrected chi connectivity index (χ4v) is 3.76. The Labute approximate surface area is 131 Å². The van der Waals surface area contributed by atoms with Gasteiger partial charge in [-0.15, -0.1) is 11.8 Å². The van der Waals surface area contributed by atoms with Crippen LogP contribution in [0.4, 0.5) is 8.78 Å². The minimum atomic E-state index is -0.553. The Hall–Kier alpha value is -1.10. The number of rotatable bonds is 3. The van der Waals surface area contributed by atoms with Gasteiger partial charge in [0.1, 0.15) is 11.6 Å². The van der Waals surface area contributed by atoms with Gasteiger partial charge in [0.25, 0.3) is 0 Å². The molecule has 1 atom stereocenters. The number of hydrogen-bond acceptors (Lipinski definition) is 2. The molecule has 0 fully saturated rings. The van der Waals surface area contributed by atoms with Crippen molar-refractivity contribution in [1.29, 1.82) is 0 Å². The molecule has 1 heterocycles. The molecule has 1 N–H and O–H groups in total. The van der Waals surface area contributed by atoms with Gasteiger partial charge in [0.2, 0.25) is 0 Å². The van der Waals surface area contributed by atoms with Gasteiger partial charge >= 0.3 is 0 Å². The monoisotopic (exact) mass is 325 g/mol. The summed E-state index contributed by atoms with van der Waals surface area (Å²) in [6.07, 6.45) is 0.959. The van der Waals surface area contributed by atoms with Crippen LogP contribution in [0.5, 0.6) is 0 Å². The van der Waals surface area contributed by atoms with Crippen molar-refractivity contribution in [3.05, 3.63) is 64.2 Å². The first-order valence-corrected chi connectivity index (χ1v) is 8.09. The predicted molar refractivity (Wildman–Crippen MR) is 82.7 cm³/mol. The summed E-state index contributed by atoms with van der Waals surface area (Å²) >= 11 is 7.87. The molecule has 1 unspecified atom stereocenters. The lowest BCUT2D eigenvalue weighted by atomic mass is 10.0. The van der Waals surface area contributed by atoms with Crippen LogP contribution in [0, 0.1) is 11.6 Å². The molecule has 0 radical (unpaired) electrons. The van der Waals surface area contributed by atoms with Gasteiger partial charge in [-0.3, -0.25) is 0 Å². The summed E-state index contributed by atoms with van der Waals surface area (Å²) < 4.78 is 26.6. The lowest BCUT2D eigenvalue weighted by molar-refractivity contribution is 0.494. The highest BCUT2D eigenvalue weighted by Crippen LogP contribution is 2.37. The summed E-state index contributed by atoms with van der Waals surface area (Å²) in [5, 5.41) is 4.05. The van der Waals surface area contributed by atoms with E-state index < -0.39 is 11.6 Å². The summed E-state index contributed by atoms with van der Waals surface area (Å²) in [5.74, 6) is -0.0560. The maximum absolute atomic E-state index is 13.7. The fourth-order valence-electron chi connectivity index (χ4n) is 2.48. The van der Waals surface area contributed by atoms with Crippen LogP contribution in [-0.4, -0.2) is 5.75 Å². The maximum Gasteiger partial charge on any atom is 0.130 e. The molecule has 2 aromatic rings. The van der Waals surface area contributed by atoms with Gasteiger partial charge in [0.15, 0.2) is 0 Å². The molecule has 0 saturated heterocycles. The third-order valence-electron chi connectivity index (χ3n) is 3.57. The van der Waals surface area contributed by atoms with Crippen molar-refractivity contribution in [3.63, 3.8) is 0 Å². The van der Waals surface area contributed by atoms with Crippen LogP contribution in [0.25, 0.3) is 0 Å². The number of fused-ring (bicyclic) bond motifs is 1. The largest absolute Gasteiger partial charge is 0.306 e. The first kappa shape index (κ1) is 14.8. The zero-order valence-corrected chi connectivity index (χ0v) is 12.8. The van der Waals surface area contributed by atoms with Gasteiger partial charge in [0.05, 0.1) is 0 Å². The Bertz CT molecular complexity index is 663. The van der Waals surface area contributed by atoms with E-state index in [2.05, 4.69) is 5.32 Å². The third kappa shape index (κ3) is 3.39. The summed E-state index contributed by atoms with van der Waals surface area (Å²) in [6.45, 7) is 0.368. The zero-order valence-electron chi connectivity index (χ0n) is 11.2. The lowest BCUT2D eigenvalue weighted by Crippen LogP contribution is -2.24. The molecule has 5 heteroatoms. The van der Waals surface area contributed by atoms with Crippen molar-refractivity contribution in [3.8, 4) is 0 Å². The second kappa shape index (κ2) is 6.34. The van der Waals surface area contributed by atoms with E-state index in [1.807, 2.05) is 18.2 Å². The van der Waals surface area contributed by atoms with E-state index in [1.54, 1.807) is 11.8 Å². The second-order valence-electron chi connectivity index (χ2n) is 4.99. The molecule has 0 saturated carbocycles. The fraction of sp³-hybridized carbons (Fsp3) is 0.250. The number of nitrogens with one attached hydrogen (secondary N) is 1. The van der Waals surface area contributed by atoms with Crippen LogP contribution in [-0.2, 0) is 6.54 Å². The second-order valence-corrected chi connectivity index (χ2v) is 6.56. The smallest absolute Gasteiger partial charge is 0.130 e. The van der Waals surface area contributed by atoms with E-state index in [0.29, 0.717) is 17.1 Å². The van der Waals surface area contributed by atoms with Gasteiger partial charge in [-0.1, -0.05) is 17.7 Å². The molecule has 0 spiro atoms. The van der Waals surface area contributed by atoms with Crippen LogP contribution < -0.4 is 5.32 Å². The Morgan fingerprint density at radius 1 is 1.19 bits per heavy atom. The van der Waals surface area contributed by atoms with E-state index in [-0.39, 0.29) is 6.04 Å². The highest BCUT2D eigenvalue weighted by molar-refractivity contribution is 7.99. The van der Waals surface area contributed by atoms with Crippen molar-refractivity contribution in [2.45, 2.75) is 23.9 Å². The number of hydrogen-bond donors (Lipinski definition) is 1. The number of halogens is 3. The van der Waals surface area contributed by atoms with Crippen molar-refractivity contribution in [2.24, 2.45) is 0 Å². The van der Waals surface area contributed by atoms with Crippen molar-refractivity contribution < 1.29 is 8.78 Å². The first-order chi connectivity index (χ1) is 10.1. The van der Waals surface area contributed by atoms with Crippen molar-refractivity contribution in [1.82, 2.24) is 5.32 Å². The van der Waals surface area contributed by atoms with Gasteiger partial charge in [0, 0.05) is 34.1 Å². The molecule has 0 aliphatic carbocycles. The van der Waals surface area contributed by atoms with Crippen LogP contribution >= 0.6 is 23.4 Å². The standard InChI is InChI=1S/C16H14ClF2NS/c17-11-2-4-16-13(7-11)15(5-6-21-16)20-9-10-1-3-12(18)8-14(10)19/h1-4,7-8,15,20H,5-6,9H2. The SMILES string of the molecule is Fc1ccc(CNC2CCSc3ccc(Cl)cc32)c(F)c1. The van der Waals surface area contributed by atoms with Crippen LogP contribution in [0.1, 0.15) is 23.6 Å². The Balaban J connectivity index is 1.76. The Morgan fingerprint density at radius 3 is 2.86 bits per heavy atom. The molecule has 110 valence electrons. The van der Waals surface area contributed by atoms with Crippen molar-refractivity contribution in [2.75, 3.05) is 5.75 Å². The number of benzene rings is 2. The topological polar surface area (TPSA) is 12.0 Å². The van der Waals surface area contributed by atoms with Crippen LogP contribution in [0.2, 0.25) is 5.02 Å². The third-order valence-corrected chi connectivity index (χ3v) is 4.92. The minimum Gasteiger partial charge on any atom is -0.306 e. The summed E-state index contributed by atoms with van der Waals surface area (Å²) in [6, 6.07) is 9.68. The normalized spacial score (nSPS) is 17.6. The molecular formula is C16H14ClF2NS. The summed E-state index contributed by atoms with van der Waals surface area (Å²) in [7, 11) is 0. The molecule has 2 aromatic carbocycles.